The molecule has 2 saturated carbocycles. The number of carbonyl (C=O) groups excluding carboxylic acids is 2. The van der Waals surface area contributed by atoms with E-state index in [0.717, 1.165) is 57.9 Å². The van der Waals surface area contributed by atoms with Gasteiger partial charge >= 0.3 is 0 Å². The lowest BCUT2D eigenvalue weighted by atomic mass is 9.84. The molecular weight excluding hydrogens is 436 g/mol. The average molecular weight is 483 g/mol. The summed E-state index contributed by atoms with van der Waals surface area (Å²) < 4.78 is 0. The van der Waals surface area contributed by atoms with Crippen LogP contribution in [0.25, 0.3) is 0 Å². The van der Waals surface area contributed by atoms with Crippen LogP contribution in [0.1, 0.15) is 82.6 Å². The molecule has 2 atom stereocenters. The van der Waals surface area contributed by atoms with Gasteiger partial charge in [-0.1, -0.05) is 62.4 Å². The summed E-state index contributed by atoms with van der Waals surface area (Å²) >= 11 is 0. The number of likely N-dealkylation sites (tertiary alicyclic amines) is 1. The molecule has 3 aliphatic rings. The van der Waals surface area contributed by atoms with Gasteiger partial charge in [-0.15, -0.1) is 0 Å². The summed E-state index contributed by atoms with van der Waals surface area (Å²) in [6, 6.07) is 10.2. The fraction of sp³-hybridized carbons (Fsp3) is 0.724. The first-order chi connectivity index (χ1) is 17.1. The fourth-order valence-electron chi connectivity index (χ4n) is 6.32. The molecule has 6 nitrogen and oxygen atoms in total. The molecule has 0 radical (unpaired) electrons. The lowest BCUT2D eigenvalue weighted by molar-refractivity contribution is -0.140. The van der Waals surface area contributed by atoms with Gasteiger partial charge in [-0.05, 0) is 75.3 Å². The van der Waals surface area contributed by atoms with Crippen LogP contribution in [0.5, 0.6) is 0 Å². The first-order valence-electron chi connectivity index (χ1n) is 14.2. The molecule has 4 N–H and O–H groups in total. The van der Waals surface area contributed by atoms with Gasteiger partial charge in [-0.25, -0.2) is 0 Å². The first-order valence-corrected chi connectivity index (χ1v) is 14.2. The van der Waals surface area contributed by atoms with E-state index in [9.17, 15) is 9.59 Å². The minimum Gasteiger partial charge on any atom is -0.354 e. The van der Waals surface area contributed by atoms with Crippen molar-refractivity contribution in [3.8, 4) is 0 Å². The van der Waals surface area contributed by atoms with Gasteiger partial charge in [-0.3, -0.25) is 9.59 Å². The van der Waals surface area contributed by atoms with E-state index in [1.807, 2.05) is 11.0 Å². The zero-order valence-electron chi connectivity index (χ0n) is 21.4. The minimum atomic E-state index is -0.321. The van der Waals surface area contributed by atoms with Gasteiger partial charge in [0, 0.05) is 19.1 Å². The van der Waals surface area contributed by atoms with Crippen molar-refractivity contribution in [3.63, 3.8) is 0 Å². The molecular formula is C29H46N4O2. The molecule has 2 aliphatic carbocycles. The Morgan fingerprint density at radius 1 is 0.914 bits per heavy atom. The smallest absolute Gasteiger partial charge is 0.242 e. The molecule has 0 unspecified atom stereocenters. The highest BCUT2D eigenvalue weighted by Crippen LogP contribution is 2.29. The van der Waals surface area contributed by atoms with Gasteiger partial charge in [0.2, 0.25) is 11.8 Å². The monoisotopic (exact) mass is 482 g/mol. The maximum atomic E-state index is 13.8. The molecule has 1 saturated heterocycles. The molecule has 4 rings (SSSR count). The third kappa shape index (κ3) is 7.78. The Hall–Kier alpha value is -1.92. The third-order valence-corrected chi connectivity index (χ3v) is 8.53. The van der Waals surface area contributed by atoms with E-state index in [2.05, 4.69) is 34.9 Å². The minimum absolute atomic E-state index is 0.0337. The van der Waals surface area contributed by atoms with Crippen molar-refractivity contribution >= 4 is 11.8 Å². The number of nitrogens with zero attached hydrogens (tertiary/aromatic N) is 1. The van der Waals surface area contributed by atoms with Gasteiger partial charge in [0.1, 0.15) is 6.04 Å². The Balaban J connectivity index is 1.33. The lowest BCUT2D eigenvalue weighted by Crippen LogP contribution is -2.53. The molecule has 1 aromatic rings. The van der Waals surface area contributed by atoms with Gasteiger partial charge < -0.3 is 21.3 Å². The Labute approximate surface area is 211 Å². The molecule has 0 aromatic heterocycles. The van der Waals surface area contributed by atoms with Crippen molar-refractivity contribution in [1.29, 1.82) is 0 Å². The van der Waals surface area contributed by atoms with Crippen LogP contribution in [0.2, 0.25) is 0 Å². The van der Waals surface area contributed by atoms with Crippen LogP contribution in [-0.2, 0) is 16.0 Å². The summed E-state index contributed by atoms with van der Waals surface area (Å²) in [6.45, 7) is 2.18. The zero-order chi connectivity index (χ0) is 24.5. The van der Waals surface area contributed by atoms with E-state index in [0.29, 0.717) is 31.0 Å². The van der Waals surface area contributed by atoms with E-state index < -0.39 is 0 Å². The van der Waals surface area contributed by atoms with E-state index in [1.165, 1.54) is 37.7 Å². The van der Waals surface area contributed by atoms with Crippen molar-refractivity contribution < 1.29 is 9.59 Å². The van der Waals surface area contributed by atoms with Crippen LogP contribution in [0, 0.1) is 11.8 Å². The van der Waals surface area contributed by atoms with Crippen LogP contribution in [0.4, 0.5) is 0 Å². The number of nitrogens with one attached hydrogen (secondary N) is 2. The molecule has 6 heteroatoms. The second-order valence-corrected chi connectivity index (χ2v) is 11.2. The number of benzene rings is 1. The second kappa shape index (κ2) is 13.4. The van der Waals surface area contributed by atoms with E-state index >= 15 is 0 Å². The van der Waals surface area contributed by atoms with Gasteiger partial charge in [0.25, 0.3) is 0 Å². The van der Waals surface area contributed by atoms with Crippen LogP contribution >= 0.6 is 0 Å². The second-order valence-electron chi connectivity index (χ2n) is 11.2. The fourth-order valence-corrected chi connectivity index (χ4v) is 6.32. The standard InChI is InChI=1S/C29H46N4O2/c30-25-15-13-24(14-16-25)21-32-28(34)27-12-7-19-33(27)29(35)26(20-23-10-5-2-6-11-23)31-18-17-22-8-3-1-4-9-22/h1,3-4,8-9,23-27,31H,2,5-7,10-21,30H2,(H,32,34)/t24-,25-,26-,27+/m1/s1. The maximum absolute atomic E-state index is 13.8. The molecule has 0 spiro atoms. The van der Waals surface area contributed by atoms with Crippen LogP contribution < -0.4 is 16.4 Å². The highest BCUT2D eigenvalue weighted by molar-refractivity contribution is 5.90. The van der Waals surface area contributed by atoms with Crippen LogP contribution in [0.15, 0.2) is 30.3 Å². The summed E-state index contributed by atoms with van der Waals surface area (Å²) in [5, 5.41) is 6.79. The molecule has 35 heavy (non-hydrogen) atoms. The van der Waals surface area contributed by atoms with E-state index in [1.54, 1.807) is 0 Å². The molecule has 1 aliphatic heterocycles. The highest BCUT2D eigenvalue weighted by Gasteiger charge is 2.38. The molecule has 2 amide bonds. The number of hydrogen-bond acceptors (Lipinski definition) is 4. The largest absolute Gasteiger partial charge is 0.354 e. The van der Waals surface area contributed by atoms with E-state index in [-0.39, 0.29) is 23.9 Å². The first kappa shape index (κ1) is 26.2. The third-order valence-electron chi connectivity index (χ3n) is 8.53. The summed E-state index contributed by atoms with van der Waals surface area (Å²) in [5.41, 5.74) is 7.31. The predicted molar refractivity (Wildman–Crippen MR) is 141 cm³/mol. The molecule has 0 bridgehead atoms. The molecule has 194 valence electrons. The van der Waals surface area contributed by atoms with Crippen molar-refractivity contribution in [2.75, 3.05) is 19.6 Å². The van der Waals surface area contributed by atoms with Crippen molar-refractivity contribution in [2.45, 2.75) is 102 Å². The molecule has 1 aromatic carbocycles. The Kier molecular flexibility index (Phi) is 10.0. The number of nitrogens with two attached hydrogens (primary N) is 1. The maximum Gasteiger partial charge on any atom is 0.242 e. The zero-order valence-corrected chi connectivity index (χ0v) is 21.4. The normalized spacial score (nSPS) is 26.4. The van der Waals surface area contributed by atoms with Crippen molar-refractivity contribution in [1.82, 2.24) is 15.5 Å². The topological polar surface area (TPSA) is 87.5 Å². The summed E-state index contributed by atoms with van der Waals surface area (Å²) in [5.74, 6) is 1.29. The average Bonchev–Trinajstić information content (AvgIpc) is 3.39. The quantitative estimate of drug-likeness (QED) is 0.474. The lowest BCUT2D eigenvalue weighted by Gasteiger charge is -2.32. The van der Waals surface area contributed by atoms with Crippen LogP contribution in [-0.4, -0.2) is 54.5 Å². The van der Waals surface area contributed by atoms with Gasteiger partial charge in [-0.2, -0.15) is 0 Å². The predicted octanol–water partition coefficient (Wildman–Crippen LogP) is 3.78. The number of carbonyl (C=O) groups is 2. The van der Waals surface area contributed by atoms with E-state index in [4.69, 9.17) is 5.73 Å². The summed E-state index contributed by atoms with van der Waals surface area (Å²) in [6.07, 6.45) is 14.1. The molecule has 3 fully saturated rings. The van der Waals surface area contributed by atoms with Crippen molar-refractivity contribution in [3.05, 3.63) is 35.9 Å². The number of rotatable bonds is 10. The summed E-state index contributed by atoms with van der Waals surface area (Å²) in [7, 11) is 0. The van der Waals surface area contributed by atoms with Gasteiger partial charge in [0.15, 0.2) is 0 Å². The SMILES string of the molecule is N[C@H]1CC[C@H](CNC(=O)[C@@H]2CCCN2C(=O)[C@@H](CC2CCCCC2)NCCc2ccccc2)CC1. The van der Waals surface area contributed by atoms with Crippen molar-refractivity contribution in [2.24, 2.45) is 17.6 Å². The molecule has 1 heterocycles. The Bertz CT molecular complexity index is 787. The number of amides is 2. The summed E-state index contributed by atoms with van der Waals surface area (Å²) in [4.78, 5) is 28.8. The van der Waals surface area contributed by atoms with Gasteiger partial charge in [0.05, 0.1) is 6.04 Å². The van der Waals surface area contributed by atoms with Crippen LogP contribution in [0.3, 0.4) is 0 Å². The highest BCUT2D eigenvalue weighted by atomic mass is 16.2. The number of hydrogen-bond donors (Lipinski definition) is 3. The Morgan fingerprint density at radius 2 is 1.66 bits per heavy atom. The Morgan fingerprint density at radius 3 is 2.40 bits per heavy atom.